The van der Waals surface area contributed by atoms with Gasteiger partial charge in [-0.2, -0.15) is 0 Å². The largest absolute Gasteiger partial charge is 0.337 e. The van der Waals surface area contributed by atoms with E-state index in [-0.39, 0.29) is 29.5 Å². The Morgan fingerprint density at radius 1 is 1.26 bits per heavy atom. The van der Waals surface area contributed by atoms with Gasteiger partial charge in [0.05, 0.1) is 0 Å². The Morgan fingerprint density at radius 3 is 2.70 bits per heavy atom. The molecule has 2 aromatic rings. The highest BCUT2D eigenvalue weighted by atomic mass is 35.5. The Balaban J connectivity index is 1.53. The minimum absolute atomic E-state index is 0.0289. The number of amides is 3. The fraction of sp³-hybridized carbons (Fsp3) is 0.300. The van der Waals surface area contributed by atoms with Crippen LogP contribution in [0.25, 0.3) is 0 Å². The molecule has 1 N–H and O–H groups in total. The van der Waals surface area contributed by atoms with Crippen molar-refractivity contribution in [3.63, 3.8) is 0 Å². The number of rotatable bonds is 4. The quantitative estimate of drug-likeness (QED) is 0.869. The number of benzene rings is 2. The van der Waals surface area contributed by atoms with Crippen molar-refractivity contribution in [2.75, 3.05) is 20.1 Å². The first-order valence-corrected chi connectivity index (χ1v) is 9.11. The molecule has 0 aromatic heterocycles. The molecule has 1 atom stereocenters. The lowest BCUT2D eigenvalue weighted by molar-refractivity contribution is 0.0789. The highest BCUT2D eigenvalue weighted by molar-refractivity contribution is 6.31. The van der Waals surface area contributed by atoms with E-state index in [9.17, 15) is 14.0 Å². The second kappa shape index (κ2) is 8.39. The van der Waals surface area contributed by atoms with Crippen molar-refractivity contribution in [1.82, 2.24) is 15.1 Å². The fourth-order valence-electron chi connectivity index (χ4n) is 3.09. The summed E-state index contributed by atoms with van der Waals surface area (Å²) in [7, 11) is 1.65. The Labute approximate surface area is 162 Å². The molecule has 0 saturated carbocycles. The number of carbonyl (C=O) groups is 2. The molecule has 0 spiro atoms. The highest BCUT2D eigenvalue weighted by Gasteiger charge is 2.28. The van der Waals surface area contributed by atoms with Crippen LogP contribution in [0, 0.1) is 5.82 Å². The normalized spacial score (nSPS) is 16.3. The van der Waals surface area contributed by atoms with Crippen molar-refractivity contribution in [3.8, 4) is 0 Å². The number of halogens is 2. The summed E-state index contributed by atoms with van der Waals surface area (Å²) >= 11 is 6.02. The van der Waals surface area contributed by atoms with Crippen LogP contribution in [0.5, 0.6) is 0 Å². The summed E-state index contributed by atoms with van der Waals surface area (Å²) < 4.78 is 13.1. The van der Waals surface area contributed by atoms with Gasteiger partial charge in [0.2, 0.25) is 0 Å². The monoisotopic (exact) mass is 389 g/mol. The minimum Gasteiger partial charge on any atom is -0.337 e. The van der Waals surface area contributed by atoms with Crippen LogP contribution in [-0.4, -0.2) is 47.9 Å². The van der Waals surface area contributed by atoms with E-state index in [1.165, 1.54) is 17.0 Å². The summed E-state index contributed by atoms with van der Waals surface area (Å²) in [5.41, 5.74) is 1.32. The summed E-state index contributed by atoms with van der Waals surface area (Å²) in [5, 5.41) is 3.23. The second-order valence-corrected chi connectivity index (χ2v) is 7.05. The van der Waals surface area contributed by atoms with Gasteiger partial charge in [0.15, 0.2) is 0 Å². The second-order valence-electron chi connectivity index (χ2n) is 6.64. The number of likely N-dealkylation sites (tertiary alicyclic amines) is 1. The zero-order chi connectivity index (χ0) is 19.4. The average molecular weight is 390 g/mol. The van der Waals surface area contributed by atoms with E-state index in [0.717, 1.165) is 0 Å². The van der Waals surface area contributed by atoms with Gasteiger partial charge < -0.3 is 15.1 Å². The molecule has 142 valence electrons. The molecular formula is C20H21ClFN3O2. The van der Waals surface area contributed by atoms with E-state index < -0.39 is 5.82 Å². The highest BCUT2D eigenvalue weighted by Crippen LogP contribution is 2.19. The molecule has 1 saturated heterocycles. The molecule has 7 heteroatoms. The Bertz CT molecular complexity index is 831. The molecule has 1 fully saturated rings. The van der Waals surface area contributed by atoms with Gasteiger partial charge in [-0.05, 0) is 36.2 Å². The zero-order valence-electron chi connectivity index (χ0n) is 15.0. The van der Waals surface area contributed by atoms with Crippen LogP contribution < -0.4 is 5.32 Å². The molecule has 0 aliphatic carbocycles. The molecular weight excluding hydrogens is 369 g/mol. The smallest absolute Gasteiger partial charge is 0.317 e. The Kier molecular flexibility index (Phi) is 5.96. The van der Waals surface area contributed by atoms with E-state index >= 15 is 0 Å². The van der Waals surface area contributed by atoms with E-state index in [1.54, 1.807) is 30.1 Å². The molecule has 3 amide bonds. The first-order valence-electron chi connectivity index (χ1n) is 8.74. The minimum atomic E-state index is -0.412. The van der Waals surface area contributed by atoms with Crippen molar-refractivity contribution < 1.29 is 14.0 Å². The maximum Gasteiger partial charge on any atom is 0.317 e. The molecule has 0 radical (unpaired) electrons. The first kappa shape index (κ1) is 19.2. The van der Waals surface area contributed by atoms with Gasteiger partial charge in [-0.15, -0.1) is 0 Å². The third kappa shape index (κ3) is 4.77. The molecule has 5 nitrogen and oxygen atoms in total. The molecule has 3 rings (SSSR count). The third-order valence-corrected chi connectivity index (χ3v) is 4.94. The topological polar surface area (TPSA) is 52.7 Å². The molecule has 1 aliphatic heterocycles. The SMILES string of the molecule is CN(Cc1ccc(F)cc1Cl)C(=O)NC1CCN(C(=O)c2ccccc2)C1. The maximum absolute atomic E-state index is 13.1. The lowest BCUT2D eigenvalue weighted by Gasteiger charge is -2.22. The molecule has 27 heavy (non-hydrogen) atoms. The predicted octanol–water partition coefficient (Wildman–Crippen LogP) is 3.54. The number of hydrogen-bond acceptors (Lipinski definition) is 2. The van der Waals surface area contributed by atoms with Crippen LogP contribution in [0.15, 0.2) is 48.5 Å². The van der Waals surface area contributed by atoms with Crippen LogP contribution in [0.3, 0.4) is 0 Å². The van der Waals surface area contributed by atoms with Gasteiger partial charge >= 0.3 is 6.03 Å². The number of nitrogens with zero attached hydrogens (tertiary/aromatic N) is 2. The summed E-state index contributed by atoms with van der Waals surface area (Å²) in [6.45, 7) is 1.35. The molecule has 1 aliphatic rings. The number of urea groups is 1. The van der Waals surface area contributed by atoms with Crippen molar-refractivity contribution in [3.05, 3.63) is 70.5 Å². The van der Waals surface area contributed by atoms with E-state index in [0.29, 0.717) is 30.6 Å². The van der Waals surface area contributed by atoms with Gasteiger partial charge in [-0.1, -0.05) is 35.9 Å². The van der Waals surface area contributed by atoms with Crippen LogP contribution in [0.2, 0.25) is 5.02 Å². The lowest BCUT2D eigenvalue weighted by atomic mass is 10.2. The summed E-state index contributed by atoms with van der Waals surface area (Å²) in [6.07, 6.45) is 0.704. The van der Waals surface area contributed by atoms with Crippen molar-refractivity contribution in [2.45, 2.75) is 19.0 Å². The van der Waals surface area contributed by atoms with Crippen LogP contribution in [0.4, 0.5) is 9.18 Å². The first-order chi connectivity index (χ1) is 12.9. The molecule has 1 unspecified atom stereocenters. The Hall–Kier alpha value is -2.60. The average Bonchev–Trinajstić information content (AvgIpc) is 3.12. The van der Waals surface area contributed by atoms with Gasteiger partial charge in [0.1, 0.15) is 5.82 Å². The lowest BCUT2D eigenvalue weighted by Crippen LogP contribution is -2.44. The van der Waals surface area contributed by atoms with E-state index in [4.69, 9.17) is 11.6 Å². The molecule has 0 bridgehead atoms. The zero-order valence-corrected chi connectivity index (χ0v) is 15.7. The fourth-order valence-corrected chi connectivity index (χ4v) is 3.31. The number of hydrogen-bond donors (Lipinski definition) is 1. The number of nitrogens with one attached hydrogen (secondary N) is 1. The van der Waals surface area contributed by atoms with Crippen LogP contribution >= 0.6 is 11.6 Å². The molecule has 1 heterocycles. The predicted molar refractivity (Wildman–Crippen MR) is 102 cm³/mol. The third-order valence-electron chi connectivity index (χ3n) is 4.59. The van der Waals surface area contributed by atoms with Crippen LogP contribution in [0.1, 0.15) is 22.3 Å². The van der Waals surface area contributed by atoms with Crippen molar-refractivity contribution >= 4 is 23.5 Å². The van der Waals surface area contributed by atoms with E-state index in [1.807, 2.05) is 18.2 Å². The summed E-state index contributed by atoms with van der Waals surface area (Å²) in [6, 6.07) is 12.9. The standard InChI is InChI=1S/C20H21ClFN3O2/c1-24(12-15-7-8-16(22)11-18(15)21)20(27)23-17-9-10-25(13-17)19(26)14-5-3-2-4-6-14/h2-8,11,17H,9-10,12-13H2,1H3,(H,23,27). The van der Waals surface area contributed by atoms with Crippen LogP contribution in [-0.2, 0) is 6.54 Å². The van der Waals surface area contributed by atoms with Gasteiger partial charge in [0.25, 0.3) is 5.91 Å². The summed E-state index contributed by atoms with van der Waals surface area (Å²) in [5.74, 6) is -0.441. The van der Waals surface area contributed by atoms with Gasteiger partial charge in [-0.3, -0.25) is 4.79 Å². The maximum atomic E-state index is 13.1. The van der Waals surface area contributed by atoms with E-state index in [2.05, 4.69) is 5.32 Å². The summed E-state index contributed by atoms with van der Waals surface area (Å²) in [4.78, 5) is 28.1. The Morgan fingerprint density at radius 2 is 2.00 bits per heavy atom. The number of carbonyl (C=O) groups excluding carboxylic acids is 2. The van der Waals surface area contributed by atoms with Crippen molar-refractivity contribution in [2.24, 2.45) is 0 Å². The van der Waals surface area contributed by atoms with Crippen molar-refractivity contribution in [1.29, 1.82) is 0 Å². The molecule has 2 aromatic carbocycles. The van der Waals surface area contributed by atoms with Gasteiger partial charge in [0, 0.05) is 43.3 Å². The van der Waals surface area contributed by atoms with Gasteiger partial charge in [-0.25, -0.2) is 9.18 Å².